The van der Waals surface area contributed by atoms with Crippen LogP contribution in [0.2, 0.25) is 0 Å². The standard InChI is InChI=1S/C15H24N4O4S/c1-18(24(2,21)22)10-14(20)19-7-3-4-11(9-19)8-13-16-15(17-23-13)12-5-6-12/h11-12H,3-10H2,1-2H3. The van der Waals surface area contributed by atoms with Crippen LogP contribution < -0.4 is 0 Å². The van der Waals surface area contributed by atoms with E-state index in [9.17, 15) is 13.2 Å². The van der Waals surface area contributed by atoms with Crippen LogP contribution in [0.25, 0.3) is 0 Å². The molecule has 1 amide bonds. The van der Waals surface area contributed by atoms with Gasteiger partial charge in [0, 0.05) is 32.5 Å². The summed E-state index contributed by atoms with van der Waals surface area (Å²) in [6.07, 6.45) is 5.96. The van der Waals surface area contributed by atoms with Crippen LogP contribution in [0, 0.1) is 5.92 Å². The van der Waals surface area contributed by atoms with Crippen molar-refractivity contribution < 1.29 is 17.7 Å². The predicted octanol–water partition coefficient (Wildman–Crippen LogP) is 0.619. The summed E-state index contributed by atoms with van der Waals surface area (Å²) in [6.45, 7) is 1.17. The molecule has 1 saturated heterocycles. The SMILES string of the molecule is CN(CC(=O)N1CCCC(Cc2nc(C3CC3)no2)C1)S(C)(=O)=O. The first-order valence-electron chi connectivity index (χ1n) is 8.34. The highest BCUT2D eigenvalue weighted by atomic mass is 32.2. The Morgan fingerprint density at radius 2 is 2.12 bits per heavy atom. The zero-order chi connectivity index (χ0) is 17.3. The smallest absolute Gasteiger partial charge is 0.237 e. The fourth-order valence-corrected chi connectivity index (χ4v) is 3.32. The summed E-state index contributed by atoms with van der Waals surface area (Å²) >= 11 is 0. The molecule has 3 rings (SSSR count). The first-order valence-corrected chi connectivity index (χ1v) is 10.2. The summed E-state index contributed by atoms with van der Waals surface area (Å²) in [7, 11) is -1.92. The van der Waals surface area contributed by atoms with E-state index in [0.717, 1.165) is 42.1 Å². The monoisotopic (exact) mass is 356 g/mol. The van der Waals surface area contributed by atoms with Crippen molar-refractivity contribution in [3.63, 3.8) is 0 Å². The van der Waals surface area contributed by atoms with Gasteiger partial charge in [-0.3, -0.25) is 4.79 Å². The van der Waals surface area contributed by atoms with Gasteiger partial charge in [-0.1, -0.05) is 5.16 Å². The average Bonchev–Trinajstić information content (AvgIpc) is 3.27. The highest BCUT2D eigenvalue weighted by Crippen LogP contribution is 2.38. The molecule has 2 aliphatic rings. The van der Waals surface area contributed by atoms with Crippen LogP contribution in [0.3, 0.4) is 0 Å². The molecule has 8 nitrogen and oxygen atoms in total. The highest BCUT2D eigenvalue weighted by molar-refractivity contribution is 7.88. The minimum absolute atomic E-state index is 0.113. The van der Waals surface area contributed by atoms with E-state index < -0.39 is 10.0 Å². The molecule has 0 radical (unpaired) electrons. The number of rotatable bonds is 6. The van der Waals surface area contributed by atoms with Gasteiger partial charge < -0.3 is 9.42 Å². The quantitative estimate of drug-likeness (QED) is 0.741. The molecule has 1 aromatic rings. The van der Waals surface area contributed by atoms with Crippen molar-refractivity contribution in [2.75, 3.05) is 32.9 Å². The van der Waals surface area contributed by atoms with Crippen molar-refractivity contribution in [3.05, 3.63) is 11.7 Å². The fraction of sp³-hybridized carbons (Fsp3) is 0.800. The van der Waals surface area contributed by atoms with Gasteiger partial charge in [-0.15, -0.1) is 0 Å². The molecule has 2 fully saturated rings. The Kier molecular flexibility index (Phi) is 4.91. The van der Waals surface area contributed by atoms with Crippen molar-refractivity contribution >= 4 is 15.9 Å². The number of carbonyl (C=O) groups is 1. The van der Waals surface area contributed by atoms with E-state index in [1.54, 1.807) is 4.90 Å². The van der Waals surface area contributed by atoms with Gasteiger partial charge in [-0.05, 0) is 31.6 Å². The topological polar surface area (TPSA) is 96.6 Å². The second-order valence-corrected chi connectivity index (χ2v) is 8.98. The molecule has 1 unspecified atom stereocenters. The van der Waals surface area contributed by atoms with Crippen LogP contribution in [-0.4, -0.2) is 66.6 Å². The van der Waals surface area contributed by atoms with E-state index >= 15 is 0 Å². The van der Waals surface area contributed by atoms with E-state index in [2.05, 4.69) is 10.1 Å². The van der Waals surface area contributed by atoms with Crippen molar-refractivity contribution in [3.8, 4) is 0 Å². The summed E-state index contributed by atoms with van der Waals surface area (Å²) < 4.78 is 29.3. The van der Waals surface area contributed by atoms with Crippen molar-refractivity contribution in [1.82, 2.24) is 19.3 Å². The molecule has 134 valence electrons. The summed E-state index contributed by atoms with van der Waals surface area (Å²) in [5.74, 6) is 2.04. The number of hydrogen-bond donors (Lipinski definition) is 0. The van der Waals surface area contributed by atoms with E-state index in [1.807, 2.05) is 0 Å². The van der Waals surface area contributed by atoms with Gasteiger partial charge in [0.25, 0.3) is 0 Å². The van der Waals surface area contributed by atoms with Gasteiger partial charge in [0.1, 0.15) is 0 Å². The number of nitrogens with zero attached hydrogens (tertiary/aromatic N) is 4. The molecular weight excluding hydrogens is 332 g/mol. The van der Waals surface area contributed by atoms with Gasteiger partial charge in [0.15, 0.2) is 5.82 Å². The Bertz CT molecular complexity index is 698. The van der Waals surface area contributed by atoms with Crippen molar-refractivity contribution in [1.29, 1.82) is 0 Å². The zero-order valence-electron chi connectivity index (χ0n) is 14.1. The maximum atomic E-state index is 12.3. The van der Waals surface area contributed by atoms with Crippen LogP contribution in [0.1, 0.15) is 43.3 Å². The number of amides is 1. The second kappa shape index (κ2) is 6.79. The Morgan fingerprint density at radius 1 is 1.38 bits per heavy atom. The Balaban J connectivity index is 1.54. The average molecular weight is 356 g/mol. The highest BCUT2D eigenvalue weighted by Gasteiger charge is 2.30. The molecule has 9 heteroatoms. The molecule has 0 bridgehead atoms. The van der Waals surface area contributed by atoms with Gasteiger partial charge in [0.2, 0.25) is 21.8 Å². The second-order valence-electron chi connectivity index (χ2n) is 6.89. The summed E-state index contributed by atoms with van der Waals surface area (Å²) in [4.78, 5) is 18.5. The number of likely N-dealkylation sites (tertiary alicyclic amines) is 1. The van der Waals surface area contributed by atoms with Gasteiger partial charge >= 0.3 is 0 Å². The normalized spacial score (nSPS) is 22.1. The lowest BCUT2D eigenvalue weighted by Gasteiger charge is -2.33. The van der Waals surface area contributed by atoms with Crippen LogP contribution in [0.15, 0.2) is 4.52 Å². The maximum Gasteiger partial charge on any atom is 0.237 e. The molecule has 2 heterocycles. The van der Waals surface area contributed by atoms with Crippen LogP contribution in [-0.2, 0) is 21.2 Å². The molecule has 0 spiro atoms. The van der Waals surface area contributed by atoms with Crippen LogP contribution in [0.5, 0.6) is 0 Å². The third-order valence-electron chi connectivity index (χ3n) is 4.69. The van der Waals surface area contributed by atoms with Crippen molar-refractivity contribution in [2.24, 2.45) is 5.92 Å². The number of sulfonamides is 1. The molecule has 1 saturated carbocycles. The molecule has 0 N–H and O–H groups in total. The molecule has 1 atom stereocenters. The molecule has 1 aromatic heterocycles. The summed E-state index contributed by atoms with van der Waals surface area (Å²) in [6, 6.07) is 0. The molecule has 24 heavy (non-hydrogen) atoms. The van der Waals surface area contributed by atoms with E-state index in [-0.39, 0.29) is 18.4 Å². The predicted molar refractivity (Wildman–Crippen MR) is 86.8 cm³/mol. The minimum atomic E-state index is -3.35. The Morgan fingerprint density at radius 3 is 2.79 bits per heavy atom. The molecule has 1 aliphatic heterocycles. The Hall–Kier alpha value is -1.48. The number of likely N-dealkylation sites (N-methyl/N-ethyl adjacent to an activating group) is 1. The lowest BCUT2D eigenvalue weighted by molar-refractivity contribution is -0.133. The molecule has 0 aromatic carbocycles. The van der Waals surface area contributed by atoms with Gasteiger partial charge in [0.05, 0.1) is 12.8 Å². The molecule has 1 aliphatic carbocycles. The number of aromatic nitrogens is 2. The summed E-state index contributed by atoms with van der Waals surface area (Å²) in [5, 5.41) is 4.02. The largest absolute Gasteiger partial charge is 0.341 e. The zero-order valence-corrected chi connectivity index (χ0v) is 15.0. The lowest BCUT2D eigenvalue weighted by Crippen LogP contribution is -2.45. The van der Waals surface area contributed by atoms with E-state index in [4.69, 9.17) is 4.52 Å². The number of piperidine rings is 1. The first kappa shape index (κ1) is 17.3. The van der Waals surface area contributed by atoms with Crippen LogP contribution in [0.4, 0.5) is 0 Å². The molecular formula is C15H24N4O4S. The van der Waals surface area contributed by atoms with Crippen LogP contribution >= 0.6 is 0 Å². The number of hydrogen-bond acceptors (Lipinski definition) is 6. The van der Waals surface area contributed by atoms with E-state index in [0.29, 0.717) is 31.3 Å². The Labute approximate surface area is 142 Å². The van der Waals surface area contributed by atoms with E-state index in [1.165, 1.54) is 7.05 Å². The summed E-state index contributed by atoms with van der Waals surface area (Å²) in [5.41, 5.74) is 0. The van der Waals surface area contributed by atoms with Gasteiger partial charge in [-0.25, -0.2) is 8.42 Å². The minimum Gasteiger partial charge on any atom is -0.341 e. The number of carbonyl (C=O) groups excluding carboxylic acids is 1. The lowest BCUT2D eigenvalue weighted by atomic mass is 9.94. The third-order valence-corrected chi connectivity index (χ3v) is 5.95. The fourth-order valence-electron chi connectivity index (χ4n) is 2.97. The van der Waals surface area contributed by atoms with Gasteiger partial charge in [-0.2, -0.15) is 9.29 Å². The maximum absolute atomic E-state index is 12.3. The third kappa shape index (κ3) is 4.32. The van der Waals surface area contributed by atoms with Crippen molar-refractivity contribution in [2.45, 2.75) is 38.0 Å². The first-order chi connectivity index (χ1) is 11.3.